The lowest BCUT2D eigenvalue weighted by Crippen LogP contribution is -2.24. The molecule has 1 heterocycles. The van der Waals surface area contributed by atoms with Gasteiger partial charge in [-0.25, -0.2) is 0 Å². The summed E-state index contributed by atoms with van der Waals surface area (Å²) < 4.78 is 17.4. The molecule has 0 bridgehead atoms. The van der Waals surface area contributed by atoms with Gasteiger partial charge >= 0.3 is 0 Å². The van der Waals surface area contributed by atoms with Crippen LogP contribution in [0.25, 0.3) is 0 Å². The highest BCUT2D eigenvalue weighted by Gasteiger charge is 2.32. The molecular weight excluding hydrogens is 256 g/mol. The smallest absolute Gasteiger partial charge is 0.166 e. The lowest BCUT2D eigenvalue weighted by Gasteiger charge is -2.21. The molecule has 1 aromatic rings. The number of aliphatic hydroxyl groups excluding tert-OH is 1. The number of hydrogen-bond donors (Lipinski definition) is 1. The second-order valence-electron chi connectivity index (χ2n) is 5.68. The summed E-state index contributed by atoms with van der Waals surface area (Å²) in [6.45, 7) is 7.12. The highest BCUT2D eigenvalue weighted by atomic mass is 16.6. The molecule has 20 heavy (non-hydrogen) atoms. The van der Waals surface area contributed by atoms with E-state index in [4.69, 9.17) is 14.2 Å². The van der Waals surface area contributed by atoms with Crippen LogP contribution >= 0.6 is 0 Å². The Bertz CT molecular complexity index is 442. The van der Waals surface area contributed by atoms with Gasteiger partial charge in [-0.2, -0.15) is 0 Å². The van der Waals surface area contributed by atoms with Crippen molar-refractivity contribution >= 4 is 0 Å². The molecular formula is C16H24O4. The SMILES string of the molecule is CCOc1cccc(CO)c1OCC1CCC(C)(C)O1. The van der Waals surface area contributed by atoms with Crippen molar-refractivity contribution in [2.45, 2.75) is 51.9 Å². The number of para-hydroxylation sites is 1. The van der Waals surface area contributed by atoms with Crippen molar-refractivity contribution in [3.63, 3.8) is 0 Å². The Morgan fingerprint density at radius 2 is 2.15 bits per heavy atom. The van der Waals surface area contributed by atoms with Crippen molar-refractivity contribution in [1.82, 2.24) is 0 Å². The molecule has 1 saturated heterocycles. The quantitative estimate of drug-likeness (QED) is 0.870. The lowest BCUT2D eigenvalue weighted by atomic mass is 10.1. The van der Waals surface area contributed by atoms with Crippen LogP contribution in [0, 0.1) is 0 Å². The molecule has 1 unspecified atom stereocenters. The fraction of sp³-hybridized carbons (Fsp3) is 0.625. The Morgan fingerprint density at radius 3 is 2.75 bits per heavy atom. The molecule has 1 N–H and O–H groups in total. The number of benzene rings is 1. The molecule has 112 valence electrons. The number of aliphatic hydroxyl groups is 1. The summed E-state index contributed by atoms with van der Waals surface area (Å²) in [6.07, 6.45) is 2.14. The van der Waals surface area contributed by atoms with Crippen LogP contribution in [0.2, 0.25) is 0 Å². The van der Waals surface area contributed by atoms with Crippen molar-refractivity contribution in [3.05, 3.63) is 23.8 Å². The molecule has 0 aromatic heterocycles. The van der Waals surface area contributed by atoms with Gasteiger partial charge in [-0.05, 0) is 39.7 Å². The number of hydrogen-bond acceptors (Lipinski definition) is 4. The van der Waals surface area contributed by atoms with Crippen LogP contribution in [0.1, 0.15) is 39.2 Å². The molecule has 2 rings (SSSR count). The first-order valence-corrected chi connectivity index (χ1v) is 7.22. The van der Waals surface area contributed by atoms with Gasteiger partial charge < -0.3 is 19.3 Å². The summed E-state index contributed by atoms with van der Waals surface area (Å²) in [7, 11) is 0. The van der Waals surface area contributed by atoms with Crippen molar-refractivity contribution in [3.8, 4) is 11.5 Å². The summed E-state index contributed by atoms with van der Waals surface area (Å²) in [5.74, 6) is 1.31. The minimum Gasteiger partial charge on any atom is -0.490 e. The van der Waals surface area contributed by atoms with E-state index in [0.29, 0.717) is 24.7 Å². The standard InChI is InChI=1S/C16H24O4/c1-4-18-14-7-5-6-12(10-17)15(14)19-11-13-8-9-16(2,3)20-13/h5-7,13,17H,4,8-11H2,1-3H3. The third kappa shape index (κ3) is 3.64. The van der Waals surface area contributed by atoms with E-state index in [1.165, 1.54) is 0 Å². The van der Waals surface area contributed by atoms with Crippen LogP contribution in [0.5, 0.6) is 11.5 Å². The lowest BCUT2D eigenvalue weighted by molar-refractivity contribution is -0.0331. The van der Waals surface area contributed by atoms with Crippen LogP contribution in [-0.2, 0) is 11.3 Å². The van der Waals surface area contributed by atoms with Gasteiger partial charge in [0, 0.05) is 5.56 Å². The molecule has 0 spiro atoms. The summed E-state index contributed by atoms with van der Waals surface area (Å²) in [6, 6.07) is 5.56. The molecule has 1 aliphatic heterocycles. The predicted octanol–water partition coefficient (Wildman–Crippen LogP) is 2.91. The summed E-state index contributed by atoms with van der Waals surface area (Å²) in [5, 5.41) is 9.42. The van der Waals surface area contributed by atoms with Crippen molar-refractivity contribution in [1.29, 1.82) is 0 Å². The van der Waals surface area contributed by atoms with Crippen molar-refractivity contribution < 1.29 is 19.3 Å². The van der Waals surface area contributed by atoms with Crippen LogP contribution < -0.4 is 9.47 Å². The Balaban J connectivity index is 2.04. The Kier molecular flexibility index (Phi) is 4.89. The zero-order valence-electron chi connectivity index (χ0n) is 12.5. The molecule has 1 atom stereocenters. The minimum absolute atomic E-state index is 0.0622. The van der Waals surface area contributed by atoms with Crippen molar-refractivity contribution in [2.75, 3.05) is 13.2 Å². The average Bonchev–Trinajstić information content (AvgIpc) is 2.77. The van der Waals surface area contributed by atoms with E-state index >= 15 is 0 Å². The number of ether oxygens (including phenoxy) is 3. The second kappa shape index (κ2) is 6.46. The first-order chi connectivity index (χ1) is 9.55. The summed E-state index contributed by atoms with van der Waals surface area (Å²) in [4.78, 5) is 0. The predicted molar refractivity (Wildman–Crippen MR) is 77.2 cm³/mol. The van der Waals surface area contributed by atoms with Gasteiger partial charge in [0.25, 0.3) is 0 Å². The van der Waals surface area contributed by atoms with Gasteiger partial charge in [0.2, 0.25) is 0 Å². The Labute approximate surface area is 120 Å². The van der Waals surface area contributed by atoms with Gasteiger partial charge in [0.05, 0.1) is 24.9 Å². The second-order valence-corrected chi connectivity index (χ2v) is 5.68. The van der Waals surface area contributed by atoms with Crippen LogP contribution in [-0.4, -0.2) is 30.0 Å². The maximum atomic E-state index is 9.42. The minimum atomic E-state index is -0.0622. The molecule has 0 aliphatic carbocycles. The van der Waals surface area contributed by atoms with E-state index in [-0.39, 0.29) is 18.3 Å². The molecule has 0 radical (unpaired) electrons. The first-order valence-electron chi connectivity index (χ1n) is 7.22. The maximum absolute atomic E-state index is 9.42. The highest BCUT2D eigenvalue weighted by molar-refractivity contribution is 5.46. The topological polar surface area (TPSA) is 47.9 Å². The maximum Gasteiger partial charge on any atom is 0.166 e. The van der Waals surface area contributed by atoms with Gasteiger partial charge in [0.15, 0.2) is 11.5 Å². The third-order valence-corrected chi connectivity index (χ3v) is 3.50. The molecule has 1 aliphatic rings. The molecule has 0 saturated carbocycles. The van der Waals surface area contributed by atoms with Crippen LogP contribution in [0.3, 0.4) is 0 Å². The van der Waals surface area contributed by atoms with E-state index in [1.54, 1.807) is 0 Å². The summed E-state index contributed by atoms with van der Waals surface area (Å²) >= 11 is 0. The van der Waals surface area contributed by atoms with E-state index in [9.17, 15) is 5.11 Å². The summed E-state index contributed by atoms with van der Waals surface area (Å²) in [5.41, 5.74) is 0.681. The molecule has 4 nitrogen and oxygen atoms in total. The fourth-order valence-electron chi connectivity index (χ4n) is 2.49. The van der Waals surface area contributed by atoms with Gasteiger partial charge in [-0.1, -0.05) is 12.1 Å². The highest BCUT2D eigenvalue weighted by Crippen LogP contribution is 2.34. The Hall–Kier alpha value is -1.26. The largest absolute Gasteiger partial charge is 0.490 e. The monoisotopic (exact) mass is 280 g/mol. The molecule has 1 fully saturated rings. The normalized spacial score (nSPS) is 20.9. The zero-order valence-corrected chi connectivity index (χ0v) is 12.5. The zero-order chi connectivity index (χ0) is 14.6. The van der Waals surface area contributed by atoms with E-state index in [0.717, 1.165) is 18.4 Å². The van der Waals surface area contributed by atoms with E-state index in [2.05, 4.69) is 13.8 Å². The number of rotatable bonds is 6. The average molecular weight is 280 g/mol. The van der Waals surface area contributed by atoms with E-state index < -0.39 is 0 Å². The van der Waals surface area contributed by atoms with Gasteiger partial charge in [-0.15, -0.1) is 0 Å². The molecule has 4 heteroatoms. The van der Waals surface area contributed by atoms with Gasteiger partial charge in [-0.3, -0.25) is 0 Å². The first kappa shape index (κ1) is 15.1. The van der Waals surface area contributed by atoms with Crippen molar-refractivity contribution in [2.24, 2.45) is 0 Å². The third-order valence-electron chi connectivity index (χ3n) is 3.50. The van der Waals surface area contributed by atoms with Crippen LogP contribution in [0.4, 0.5) is 0 Å². The molecule has 1 aromatic carbocycles. The van der Waals surface area contributed by atoms with Gasteiger partial charge in [0.1, 0.15) is 6.61 Å². The Morgan fingerprint density at radius 1 is 1.35 bits per heavy atom. The van der Waals surface area contributed by atoms with Crippen LogP contribution in [0.15, 0.2) is 18.2 Å². The fourth-order valence-corrected chi connectivity index (χ4v) is 2.49. The molecule has 0 amide bonds. The van der Waals surface area contributed by atoms with E-state index in [1.807, 2.05) is 25.1 Å².